The van der Waals surface area contributed by atoms with E-state index >= 15 is 0 Å². The Morgan fingerprint density at radius 3 is 2.68 bits per heavy atom. The smallest absolute Gasteiger partial charge is 0.322 e. The number of rotatable bonds is 8. The molecule has 2 N–H and O–H groups in total. The van der Waals surface area contributed by atoms with Crippen LogP contribution in [0.25, 0.3) is 11.4 Å². The second kappa shape index (κ2) is 9.69. The number of aliphatic carboxylic acids is 1. The van der Waals surface area contributed by atoms with Crippen molar-refractivity contribution in [2.24, 2.45) is 0 Å². The molecular weight excluding hydrogens is 425 g/mol. The van der Waals surface area contributed by atoms with Gasteiger partial charge in [0.25, 0.3) is 0 Å². The number of carbonyl (C=O) groups is 1. The molecule has 0 spiro atoms. The van der Waals surface area contributed by atoms with E-state index in [0.29, 0.717) is 11.5 Å². The molecule has 1 aliphatic carbocycles. The van der Waals surface area contributed by atoms with Gasteiger partial charge in [-0.25, -0.2) is 12.8 Å². The molecule has 0 aliphatic heterocycles. The van der Waals surface area contributed by atoms with Gasteiger partial charge in [0.05, 0.1) is 10.5 Å². The summed E-state index contributed by atoms with van der Waals surface area (Å²) in [7, 11) is -3.94. The lowest BCUT2D eigenvalue weighted by molar-refractivity contribution is -0.138. The molecule has 8 nitrogen and oxygen atoms in total. The fraction of sp³-hybridized carbons (Fsp3) is 0.476. The summed E-state index contributed by atoms with van der Waals surface area (Å²) in [5, 5.41) is 13.3. The largest absolute Gasteiger partial charge is 0.480 e. The van der Waals surface area contributed by atoms with E-state index in [2.05, 4.69) is 14.9 Å². The average Bonchev–Trinajstić information content (AvgIpc) is 3.23. The van der Waals surface area contributed by atoms with Gasteiger partial charge in [0.1, 0.15) is 11.9 Å². The fourth-order valence-electron chi connectivity index (χ4n) is 3.58. The summed E-state index contributed by atoms with van der Waals surface area (Å²) in [5.41, 5.74) is 0.470. The number of aromatic nitrogens is 2. The first-order valence-electron chi connectivity index (χ1n) is 10.2. The Hall–Kier alpha value is -2.59. The highest BCUT2D eigenvalue weighted by Crippen LogP contribution is 2.33. The minimum absolute atomic E-state index is 0.00570. The Morgan fingerprint density at radius 2 is 2.06 bits per heavy atom. The van der Waals surface area contributed by atoms with Crippen molar-refractivity contribution in [3.63, 3.8) is 0 Å². The van der Waals surface area contributed by atoms with Gasteiger partial charge >= 0.3 is 5.97 Å². The van der Waals surface area contributed by atoms with Crippen molar-refractivity contribution in [2.45, 2.75) is 64.3 Å². The molecule has 1 unspecified atom stereocenters. The number of halogens is 1. The fourth-order valence-corrected chi connectivity index (χ4v) is 4.63. The molecule has 3 rings (SSSR count). The zero-order valence-corrected chi connectivity index (χ0v) is 18.3. The Kier molecular flexibility index (Phi) is 7.22. The van der Waals surface area contributed by atoms with E-state index in [-0.39, 0.29) is 28.6 Å². The molecule has 1 saturated carbocycles. The van der Waals surface area contributed by atoms with Crippen molar-refractivity contribution in [1.82, 2.24) is 14.9 Å². The summed E-state index contributed by atoms with van der Waals surface area (Å²) in [6.45, 7) is 2.90. The Labute approximate surface area is 180 Å². The van der Waals surface area contributed by atoms with E-state index in [1.807, 2.05) is 0 Å². The molecule has 1 aliphatic rings. The van der Waals surface area contributed by atoms with E-state index in [1.54, 1.807) is 0 Å². The maximum atomic E-state index is 14.7. The van der Waals surface area contributed by atoms with E-state index in [4.69, 9.17) is 4.52 Å². The lowest BCUT2D eigenvalue weighted by Crippen LogP contribution is -2.42. The van der Waals surface area contributed by atoms with Crippen molar-refractivity contribution in [2.75, 3.05) is 0 Å². The Morgan fingerprint density at radius 1 is 1.35 bits per heavy atom. The van der Waals surface area contributed by atoms with Crippen molar-refractivity contribution in [3.05, 3.63) is 46.5 Å². The molecule has 31 heavy (non-hydrogen) atoms. The summed E-state index contributed by atoms with van der Waals surface area (Å²) in [6.07, 6.45) is 6.49. The molecule has 1 aromatic carbocycles. The second-order valence-electron chi connectivity index (χ2n) is 7.72. The van der Waals surface area contributed by atoms with Crippen LogP contribution < -0.4 is 4.72 Å². The molecule has 0 bridgehead atoms. The Balaban J connectivity index is 1.77. The molecule has 0 radical (unpaired) electrons. The first kappa shape index (κ1) is 23.1. The number of carboxylic acid groups (broad SMARTS) is 1. The number of hydrogen-bond acceptors (Lipinski definition) is 6. The van der Waals surface area contributed by atoms with E-state index in [9.17, 15) is 22.7 Å². The first-order chi connectivity index (χ1) is 14.7. The summed E-state index contributed by atoms with van der Waals surface area (Å²) in [4.78, 5) is 15.9. The Bertz CT molecular complexity index is 1070. The van der Waals surface area contributed by atoms with E-state index in [1.165, 1.54) is 44.5 Å². The zero-order valence-electron chi connectivity index (χ0n) is 17.5. The number of allylic oxidation sites excluding steroid dienone is 2. The number of sulfonamides is 1. The lowest BCUT2D eigenvalue weighted by Gasteiger charge is -2.17. The highest BCUT2D eigenvalue weighted by Gasteiger charge is 2.26. The minimum atomic E-state index is -3.94. The highest BCUT2D eigenvalue weighted by molar-refractivity contribution is 7.93. The van der Waals surface area contributed by atoms with Crippen LogP contribution in [0.4, 0.5) is 4.39 Å². The SMILES string of the molecule is C/C=C(\C)S(=O)(=O)NC(Cc1ccc(-c2noc(C3CCCCC3)n2)c(F)c1)C(=O)O. The van der Waals surface area contributed by atoms with Crippen LogP contribution >= 0.6 is 0 Å². The third-order valence-electron chi connectivity index (χ3n) is 5.54. The van der Waals surface area contributed by atoms with Gasteiger partial charge in [-0.2, -0.15) is 9.71 Å². The van der Waals surface area contributed by atoms with Crippen molar-refractivity contribution < 1.29 is 27.2 Å². The number of nitrogens with zero attached hydrogens (tertiary/aromatic N) is 2. The van der Waals surface area contributed by atoms with Crippen LogP contribution in [-0.2, 0) is 21.2 Å². The minimum Gasteiger partial charge on any atom is -0.480 e. The van der Waals surface area contributed by atoms with Crippen LogP contribution in [0.1, 0.15) is 63.3 Å². The van der Waals surface area contributed by atoms with Crippen LogP contribution in [0.2, 0.25) is 0 Å². The van der Waals surface area contributed by atoms with E-state index in [0.717, 1.165) is 25.7 Å². The third kappa shape index (κ3) is 5.56. The average molecular weight is 452 g/mol. The number of carboxylic acids is 1. The van der Waals surface area contributed by atoms with Gasteiger partial charge in [-0.1, -0.05) is 36.6 Å². The van der Waals surface area contributed by atoms with Crippen molar-refractivity contribution >= 4 is 16.0 Å². The van der Waals surface area contributed by atoms with Crippen LogP contribution in [0.15, 0.2) is 33.7 Å². The molecule has 10 heteroatoms. The van der Waals surface area contributed by atoms with Gasteiger partial charge in [0.2, 0.25) is 21.7 Å². The topological polar surface area (TPSA) is 122 Å². The molecule has 168 valence electrons. The van der Waals surface area contributed by atoms with Crippen LogP contribution in [0, 0.1) is 5.82 Å². The molecule has 1 atom stereocenters. The summed E-state index contributed by atoms with van der Waals surface area (Å²) >= 11 is 0. The molecular formula is C21H26FN3O5S. The molecule has 0 saturated heterocycles. The first-order valence-corrected chi connectivity index (χ1v) is 11.7. The third-order valence-corrected chi connectivity index (χ3v) is 7.21. The van der Waals surface area contributed by atoms with Crippen LogP contribution in [0.5, 0.6) is 0 Å². The number of hydrogen-bond donors (Lipinski definition) is 2. The normalized spacial score (nSPS) is 16.9. The van der Waals surface area contributed by atoms with Gasteiger partial charge in [-0.05, 0) is 50.8 Å². The predicted molar refractivity (Wildman–Crippen MR) is 112 cm³/mol. The van der Waals surface area contributed by atoms with Gasteiger partial charge in [0.15, 0.2) is 0 Å². The van der Waals surface area contributed by atoms with Crippen molar-refractivity contribution in [3.8, 4) is 11.4 Å². The van der Waals surface area contributed by atoms with Gasteiger partial charge in [-0.3, -0.25) is 4.79 Å². The van der Waals surface area contributed by atoms with E-state index < -0.39 is 27.9 Å². The molecule has 1 aromatic heterocycles. The summed E-state index contributed by atoms with van der Waals surface area (Å²) in [5.74, 6) is -1.14. The predicted octanol–water partition coefficient (Wildman–Crippen LogP) is 3.76. The van der Waals surface area contributed by atoms with Crippen LogP contribution in [0.3, 0.4) is 0 Å². The molecule has 2 aromatic rings. The van der Waals surface area contributed by atoms with Gasteiger partial charge < -0.3 is 9.63 Å². The van der Waals surface area contributed by atoms with Crippen molar-refractivity contribution in [1.29, 1.82) is 0 Å². The number of nitrogens with one attached hydrogen (secondary N) is 1. The van der Waals surface area contributed by atoms with Gasteiger partial charge in [0, 0.05) is 5.92 Å². The second-order valence-corrected chi connectivity index (χ2v) is 9.61. The molecule has 1 fully saturated rings. The zero-order chi connectivity index (χ0) is 22.6. The van der Waals surface area contributed by atoms with Gasteiger partial charge in [-0.15, -0.1) is 0 Å². The lowest BCUT2D eigenvalue weighted by atomic mass is 9.89. The summed E-state index contributed by atoms with van der Waals surface area (Å²) in [6, 6.07) is 2.71. The standard InChI is InChI=1S/C21H26FN3O5S/c1-3-13(2)31(28,29)25-18(21(26)27)12-14-9-10-16(17(22)11-14)19-23-20(30-24-19)15-7-5-4-6-8-15/h3,9-11,15,18,25H,4-8,12H2,1-2H3,(H,26,27)/b13-3+. The molecule has 1 heterocycles. The number of benzene rings is 1. The maximum Gasteiger partial charge on any atom is 0.322 e. The monoisotopic (exact) mass is 451 g/mol. The molecule has 0 amide bonds. The highest BCUT2D eigenvalue weighted by atomic mass is 32.2. The quantitative estimate of drug-likeness (QED) is 0.626. The summed E-state index contributed by atoms with van der Waals surface area (Å²) < 4.78 is 46.5. The van der Waals surface area contributed by atoms with Crippen LogP contribution in [-0.4, -0.2) is 35.7 Å². The maximum absolute atomic E-state index is 14.7.